The second kappa shape index (κ2) is 7.54. The minimum atomic E-state index is -1.40. The highest BCUT2D eigenvalue weighted by Crippen LogP contribution is 2.25. The molecule has 0 aromatic carbocycles. The molecule has 2 nitrogen and oxygen atoms in total. The normalized spacial score (nSPS) is 14.2. The number of hydrogen-bond donors (Lipinski definition) is 0. The zero-order chi connectivity index (χ0) is 15.3. The van der Waals surface area contributed by atoms with Crippen LogP contribution >= 0.6 is 0 Å². The minimum Gasteiger partial charge on any atom is -0.420 e. The zero-order valence-corrected chi connectivity index (χ0v) is 17.9. The Kier molecular flexibility index (Phi) is 7.77. The molecule has 0 fully saturated rings. The molecule has 0 saturated carbocycles. The van der Waals surface area contributed by atoms with Crippen molar-refractivity contribution in [3.63, 3.8) is 0 Å². The van der Waals surface area contributed by atoms with Crippen LogP contribution in [0.2, 0.25) is 57.4 Å². The lowest BCUT2D eigenvalue weighted by Gasteiger charge is -2.44. The molecular weight excluding hydrogens is 282 g/mol. The van der Waals surface area contributed by atoms with Crippen molar-refractivity contribution in [2.75, 3.05) is 13.7 Å². The van der Waals surface area contributed by atoms with Crippen LogP contribution in [0, 0.1) is 0 Å². The largest absolute Gasteiger partial charge is 0.420 e. The summed E-state index contributed by atoms with van der Waals surface area (Å²) in [5.41, 5.74) is 0. The van der Waals surface area contributed by atoms with Crippen molar-refractivity contribution >= 4 is 24.8 Å². The fourth-order valence-electron chi connectivity index (χ4n) is 3.23. The van der Waals surface area contributed by atoms with Gasteiger partial charge in [0.15, 0.2) is 8.32 Å². The van der Waals surface area contributed by atoms with E-state index in [1.54, 1.807) is 0 Å². The molecule has 0 N–H and O–H groups in total. The maximum Gasteiger partial charge on any atom is 0.191 e. The third-order valence-corrected chi connectivity index (χ3v) is 16.8. The van der Waals surface area contributed by atoms with Crippen molar-refractivity contribution in [1.82, 2.24) is 4.23 Å². The van der Waals surface area contributed by atoms with E-state index < -0.39 is 24.8 Å². The average molecular weight is 320 g/mol. The summed E-state index contributed by atoms with van der Waals surface area (Å²) in [5.74, 6) is 0. The Morgan fingerprint density at radius 1 is 0.842 bits per heavy atom. The molecule has 19 heavy (non-hydrogen) atoms. The van der Waals surface area contributed by atoms with Gasteiger partial charge in [-0.15, -0.1) is 0 Å². The Hall–Kier alpha value is 0.571. The molecular formula is C14H37NOSi3. The van der Waals surface area contributed by atoms with E-state index in [0.717, 1.165) is 0 Å². The summed E-state index contributed by atoms with van der Waals surface area (Å²) in [6.45, 7) is 20.9. The predicted octanol–water partition coefficient (Wildman–Crippen LogP) is 4.98. The molecule has 0 aromatic rings. The number of rotatable bonds is 9. The van der Waals surface area contributed by atoms with E-state index in [1.165, 1.54) is 31.1 Å². The molecule has 0 aliphatic rings. The van der Waals surface area contributed by atoms with Crippen LogP contribution in [0.3, 0.4) is 0 Å². The molecule has 0 aliphatic heterocycles. The van der Waals surface area contributed by atoms with Gasteiger partial charge in [-0.25, -0.2) is 0 Å². The van der Waals surface area contributed by atoms with Crippen molar-refractivity contribution < 1.29 is 4.43 Å². The van der Waals surface area contributed by atoms with E-state index in [-0.39, 0.29) is 0 Å². The third kappa shape index (κ3) is 6.25. The molecule has 0 heterocycles. The molecule has 0 spiro atoms. The van der Waals surface area contributed by atoms with Gasteiger partial charge in [-0.1, -0.05) is 53.1 Å². The Morgan fingerprint density at radius 3 is 1.53 bits per heavy atom. The Balaban J connectivity index is 4.59. The summed E-state index contributed by atoms with van der Waals surface area (Å²) in [4.78, 5) is 0. The smallest absolute Gasteiger partial charge is 0.191 e. The van der Waals surface area contributed by atoms with Gasteiger partial charge in [-0.2, -0.15) is 0 Å². The second-order valence-corrected chi connectivity index (χ2v) is 22.6. The van der Waals surface area contributed by atoms with E-state index in [4.69, 9.17) is 4.43 Å². The van der Waals surface area contributed by atoms with Gasteiger partial charge in [0, 0.05) is 7.11 Å². The molecule has 0 radical (unpaired) electrons. The van der Waals surface area contributed by atoms with Crippen molar-refractivity contribution in [2.45, 2.75) is 77.7 Å². The van der Waals surface area contributed by atoms with Gasteiger partial charge in [0.2, 0.25) is 0 Å². The average Bonchev–Trinajstić information content (AvgIpc) is 2.27. The van der Waals surface area contributed by atoms with Crippen LogP contribution in [0.25, 0.3) is 0 Å². The van der Waals surface area contributed by atoms with Gasteiger partial charge in [0.05, 0.1) is 0 Å². The Bertz CT molecular complexity index is 232. The zero-order valence-electron chi connectivity index (χ0n) is 14.9. The Labute approximate surface area is 125 Å². The van der Waals surface area contributed by atoms with E-state index >= 15 is 0 Å². The minimum absolute atomic E-state index is 1.18. The summed E-state index contributed by atoms with van der Waals surface area (Å²) >= 11 is 0. The quantitative estimate of drug-likeness (QED) is 0.556. The van der Waals surface area contributed by atoms with Gasteiger partial charge in [0.25, 0.3) is 0 Å². The van der Waals surface area contributed by atoms with Crippen LogP contribution in [-0.2, 0) is 4.43 Å². The van der Waals surface area contributed by atoms with Crippen LogP contribution in [0.5, 0.6) is 0 Å². The first-order valence-corrected chi connectivity index (χ1v) is 17.3. The van der Waals surface area contributed by atoms with Crippen LogP contribution in [0.15, 0.2) is 0 Å². The molecule has 0 rings (SSSR count). The van der Waals surface area contributed by atoms with E-state index in [9.17, 15) is 0 Å². The van der Waals surface area contributed by atoms with Gasteiger partial charge < -0.3 is 8.66 Å². The number of hydrogen-bond acceptors (Lipinski definition) is 2. The summed E-state index contributed by atoms with van der Waals surface area (Å²) in [6, 6.07) is 3.86. The first kappa shape index (κ1) is 19.6. The van der Waals surface area contributed by atoms with E-state index in [1.807, 2.05) is 7.11 Å². The fraction of sp³-hybridized carbons (Fsp3) is 1.00. The molecule has 0 aromatic heterocycles. The van der Waals surface area contributed by atoms with Crippen molar-refractivity contribution in [3.05, 3.63) is 0 Å². The molecule has 0 saturated heterocycles. The molecule has 0 bridgehead atoms. The SMILES string of the molecule is CC[Si](CC)(CCCN([Si](C)(C)C)[Si](C)(C)C)OC. The molecule has 0 aliphatic carbocycles. The third-order valence-electron chi connectivity index (χ3n) is 4.36. The van der Waals surface area contributed by atoms with Crippen LogP contribution in [0.1, 0.15) is 20.3 Å². The fourth-order valence-corrected chi connectivity index (χ4v) is 15.7. The Morgan fingerprint density at radius 2 is 1.26 bits per heavy atom. The lowest BCUT2D eigenvalue weighted by Crippen LogP contribution is -2.59. The van der Waals surface area contributed by atoms with Crippen molar-refractivity contribution in [1.29, 1.82) is 0 Å². The van der Waals surface area contributed by atoms with Gasteiger partial charge in [0.1, 0.15) is 16.5 Å². The molecule has 0 unspecified atom stereocenters. The van der Waals surface area contributed by atoms with Gasteiger partial charge in [-0.05, 0) is 31.1 Å². The van der Waals surface area contributed by atoms with Crippen LogP contribution in [-0.4, -0.2) is 42.7 Å². The van der Waals surface area contributed by atoms with Crippen LogP contribution < -0.4 is 0 Å². The van der Waals surface area contributed by atoms with Gasteiger partial charge >= 0.3 is 0 Å². The summed E-state index contributed by atoms with van der Waals surface area (Å²) in [7, 11) is -1.82. The first-order valence-electron chi connectivity index (χ1n) is 7.85. The molecule has 0 atom stereocenters. The second-order valence-electron chi connectivity index (χ2n) is 7.69. The molecule has 116 valence electrons. The summed E-state index contributed by atoms with van der Waals surface area (Å²) < 4.78 is 8.84. The molecule has 5 heteroatoms. The standard InChI is InChI=1S/C14H37NOSi3/c1-10-19(11-2,16-3)14-12-13-15(17(4,5)6)18(7,8)9/h10-14H2,1-9H3. The highest BCUT2D eigenvalue weighted by Gasteiger charge is 2.35. The summed E-state index contributed by atoms with van der Waals surface area (Å²) in [5, 5.41) is 0. The van der Waals surface area contributed by atoms with Crippen molar-refractivity contribution in [3.8, 4) is 0 Å². The highest BCUT2D eigenvalue weighted by molar-refractivity contribution is 6.89. The maximum atomic E-state index is 5.93. The monoisotopic (exact) mass is 319 g/mol. The number of nitrogens with zero attached hydrogens (tertiary/aromatic N) is 1. The highest BCUT2D eigenvalue weighted by atomic mass is 28.4. The summed E-state index contributed by atoms with van der Waals surface area (Å²) in [6.07, 6.45) is 1.33. The first-order chi connectivity index (χ1) is 8.52. The van der Waals surface area contributed by atoms with Crippen molar-refractivity contribution in [2.24, 2.45) is 0 Å². The lowest BCUT2D eigenvalue weighted by atomic mass is 10.5. The topological polar surface area (TPSA) is 12.5 Å². The molecule has 0 amide bonds. The van der Waals surface area contributed by atoms with Gasteiger partial charge in [-0.3, -0.25) is 0 Å². The van der Waals surface area contributed by atoms with Crippen LogP contribution in [0.4, 0.5) is 0 Å². The lowest BCUT2D eigenvalue weighted by molar-refractivity contribution is 0.388. The predicted molar refractivity (Wildman–Crippen MR) is 96.5 cm³/mol. The van der Waals surface area contributed by atoms with E-state index in [2.05, 4.69) is 57.4 Å². The van der Waals surface area contributed by atoms with E-state index in [0.29, 0.717) is 0 Å². The maximum absolute atomic E-state index is 5.93.